The van der Waals surface area contributed by atoms with Gasteiger partial charge in [0, 0.05) is 31.6 Å². The molecular weight excluding hydrogens is 490 g/mol. The first-order valence-electron chi connectivity index (χ1n) is 11.7. The largest absolute Gasteiger partial charge is 0.396 e. The van der Waals surface area contributed by atoms with Crippen LogP contribution < -0.4 is 10.6 Å². The monoisotopic (exact) mass is 521 g/mol. The molecular formula is C24H32BrN3O5. The van der Waals surface area contributed by atoms with E-state index in [-0.39, 0.29) is 29.2 Å². The van der Waals surface area contributed by atoms with E-state index in [1.807, 2.05) is 30.3 Å². The number of hydrogen-bond acceptors (Lipinski definition) is 5. The number of unbranched alkanes of at least 4 members (excludes halogenated alkanes) is 3. The standard InChI is InChI=1S/C24H32BrN3O5/c1-26-21(30)17-18-23(32)28(11-7-2-3-8-12-29)20(24(18)13-16(25)19(17)33-24)22(31)27-14-15-9-5-4-6-10-15/h4-6,9-10,16-20,29H,2-3,7-8,11-14H2,1H3,(H,26,30)(H,27,31)/t16?,17-,18-,19-,20?,24?/m0/s1. The molecule has 8 nitrogen and oxygen atoms in total. The summed E-state index contributed by atoms with van der Waals surface area (Å²) in [5.74, 6) is -1.93. The van der Waals surface area contributed by atoms with Crippen molar-refractivity contribution >= 4 is 33.7 Å². The normalized spacial score (nSPS) is 32.2. The molecule has 3 unspecified atom stereocenters. The van der Waals surface area contributed by atoms with E-state index in [0.29, 0.717) is 19.5 Å². The second kappa shape index (κ2) is 10.1. The third-order valence-electron chi connectivity index (χ3n) is 7.20. The SMILES string of the molecule is CNC(=O)[C@H]1[C@H]2C(=O)N(CCCCCCO)C(C(=O)NCc3ccccc3)C23CC(Br)[C@@H]1O3. The van der Waals surface area contributed by atoms with Crippen LogP contribution in [0.2, 0.25) is 0 Å². The summed E-state index contributed by atoms with van der Waals surface area (Å²) >= 11 is 3.65. The fourth-order valence-electron chi connectivity index (χ4n) is 5.77. The zero-order valence-electron chi connectivity index (χ0n) is 18.8. The molecule has 0 radical (unpaired) electrons. The molecule has 0 aliphatic carbocycles. The van der Waals surface area contributed by atoms with Gasteiger partial charge in [0.05, 0.1) is 17.9 Å². The number of carbonyl (C=O) groups excluding carboxylic acids is 3. The number of likely N-dealkylation sites (tertiary alicyclic amines) is 1. The topological polar surface area (TPSA) is 108 Å². The molecule has 9 heteroatoms. The molecule has 0 saturated carbocycles. The Balaban J connectivity index is 1.59. The van der Waals surface area contributed by atoms with Crippen LogP contribution in [0.5, 0.6) is 0 Å². The summed E-state index contributed by atoms with van der Waals surface area (Å²) in [5.41, 5.74) is -0.0445. The maximum absolute atomic E-state index is 13.6. The molecule has 1 aromatic carbocycles. The van der Waals surface area contributed by atoms with E-state index >= 15 is 0 Å². The second-order valence-corrected chi connectivity index (χ2v) is 10.3. The molecule has 180 valence electrons. The van der Waals surface area contributed by atoms with Crippen molar-refractivity contribution in [3.05, 3.63) is 35.9 Å². The number of nitrogens with one attached hydrogen (secondary N) is 2. The lowest BCUT2D eigenvalue weighted by Crippen LogP contribution is -2.55. The number of fused-ring (bicyclic) bond motifs is 1. The molecule has 2 bridgehead atoms. The van der Waals surface area contributed by atoms with Crippen LogP contribution in [-0.4, -0.2) is 70.5 Å². The average molecular weight is 522 g/mol. The average Bonchev–Trinajstić information content (AvgIpc) is 3.41. The van der Waals surface area contributed by atoms with Crippen LogP contribution in [0.25, 0.3) is 0 Å². The number of hydrogen-bond donors (Lipinski definition) is 3. The van der Waals surface area contributed by atoms with Gasteiger partial charge < -0.3 is 25.4 Å². The fraction of sp³-hybridized carbons (Fsp3) is 0.625. The van der Waals surface area contributed by atoms with Gasteiger partial charge in [-0.25, -0.2) is 0 Å². The van der Waals surface area contributed by atoms with Gasteiger partial charge in [0.1, 0.15) is 11.6 Å². The van der Waals surface area contributed by atoms with Crippen LogP contribution in [0.4, 0.5) is 0 Å². The summed E-state index contributed by atoms with van der Waals surface area (Å²) in [6.45, 7) is 0.927. The van der Waals surface area contributed by atoms with Gasteiger partial charge in [-0.1, -0.05) is 59.1 Å². The fourth-order valence-corrected chi connectivity index (χ4v) is 6.71. The van der Waals surface area contributed by atoms with E-state index in [2.05, 4.69) is 26.6 Å². The van der Waals surface area contributed by atoms with Gasteiger partial charge in [-0.3, -0.25) is 14.4 Å². The van der Waals surface area contributed by atoms with Gasteiger partial charge in [-0.15, -0.1) is 0 Å². The van der Waals surface area contributed by atoms with Gasteiger partial charge in [-0.05, 0) is 24.8 Å². The van der Waals surface area contributed by atoms with E-state index < -0.39 is 29.6 Å². The molecule has 1 aromatic rings. The Morgan fingerprint density at radius 1 is 1.18 bits per heavy atom. The molecule has 3 aliphatic heterocycles. The van der Waals surface area contributed by atoms with Crippen molar-refractivity contribution in [2.75, 3.05) is 20.2 Å². The second-order valence-electron chi connectivity index (χ2n) is 9.15. The van der Waals surface area contributed by atoms with E-state index in [1.165, 1.54) is 0 Å². The number of aliphatic hydroxyl groups is 1. The van der Waals surface area contributed by atoms with Crippen molar-refractivity contribution in [3.8, 4) is 0 Å². The molecule has 3 fully saturated rings. The van der Waals surface area contributed by atoms with E-state index in [4.69, 9.17) is 9.84 Å². The molecule has 1 spiro atoms. The Kier molecular flexibility index (Phi) is 7.40. The third kappa shape index (κ3) is 4.31. The summed E-state index contributed by atoms with van der Waals surface area (Å²) < 4.78 is 6.40. The molecule has 0 aromatic heterocycles. The Morgan fingerprint density at radius 2 is 1.91 bits per heavy atom. The van der Waals surface area contributed by atoms with Crippen LogP contribution in [-0.2, 0) is 25.7 Å². The molecule has 3 N–H and O–H groups in total. The van der Waals surface area contributed by atoms with Crippen molar-refractivity contribution in [2.24, 2.45) is 11.8 Å². The van der Waals surface area contributed by atoms with E-state index in [0.717, 1.165) is 31.2 Å². The molecule has 3 amide bonds. The first-order valence-corrected chi connectivity index (χ1v) is 12.6. The number of halogens is 1. The van der Waals surface area contributed by atoms with Crippen molar-refractivity contribution in [1.82, 2.24) is 15.5 Å². The number of aliphatic hydroxyl groups excluding tert-OH is 1. The summed E-state index contributed by atoms with van der Waals surface area (Å²) in [7, 11) is 1.56. The number of carbonyl (C=O) groups is 3. The Bertz CT molecular complexity index is 884. The Morgan fingerprint density at radius 3 is 2.61 bits per heavy atom. The maximum atomic E-state index is 13.6. The highest BCUT2D eigenvalue weighted by Gasteiger charge is 2.76. The number of ether oxygens (including phenoxy) is 1. The summed E-state index contributed by atoms with van der Waals surface area (Å²) in [6.07, 6.45) is 3.23. The van der Waals surface area contributed by atoms with E-state index in [1.54, 1.807) is 11.9 Å². The van der Waals surface area contributed by atoms with Gasteiger partial charge in [0.25, 0.3) is 0 Å². The number of benzene rings is 1. The van der Waals surface area contributed by atoms with Gasteiger partial charge in [0.2, 0.25) is 17.7 Å². The number of rotatable bonds is 10. The minimum absolute atomic E-state index is 0.0993. The van der Waals surface area contributed by atoms with Crippen LogP contribution in [0.3, 0.4) is 0 Å². The summed E-state index contributed by atoms with van der Waals surface area (Å²) in [4.78, 5) is 41.5. The van der Waals surface area contributed by atoms with E-state index in [9.17, 15) is 14.4 Å². The molecule has 4 rings (SSSR count). The Hall–Kier alpha value is -1.97. The summed E-state index contributed by atoms with van der Waals surface area (Å²) in [6, 6.07) is 8.85. The molecule has 3 saturated heterocycles. The Labute approximate surface area is 202 Å². The van der Waals surface area contributed by atoms with Crippen LogP contribution in [0, 0.1) is 11.8 Å². The number of amides is 3. The van der Waals surface area contributed by atoms with Gasteiger partial charge in [-0.2, -0.15) is 0 Å². The molecule has 3 heterocycles. The minimum atomic E-state index is -1.01. The predicted octanol–water partition coefficient (Wildman–Crippen LogP) is 1.35. The van der Waals surface area contributed by atoms with Crippen molar-refractivity contribution < 1.29 is 24.2 Å². The van der Waals surface area contributed by atoms with Crippen molar-refractivity contribution in [2.45, 2.75) is 61.2 Å². The zero-order valence-corrected chi connectivity index (χ0v) is 20.4. The predicted molar refractivity (Wildman–Crippen MR) is 125 cm³/mol. The van der Waals surface area contributed by atoms with Crippen LogP contribution in [0.1, 0.15) is 37.7 Å². The first-order chi connectivity index (χ1) is 15.9. The molecule has 33 heavy (non-hydrogen) atoms. The first kappa shape index (κ1) is 24.2. The lowest BCUT2D eigenvalue weighted by molar-refractivity contribution is -0.142. The lowest BCUT2D eigenvalue weighted by Gasteiger charge is -2.34. The van der Waals surface area contributed by atoms with Crippen molar-refractivity contribution in [3.63, 3.8) is 0 Å². The highest BCUT2D eigenvalue weighted by atomic mass is 79.9. The lowest BCUT2D eigenvalue weighted by atomic mass is 9.70. The van der Waals surface area contributed by atoms with Gasteiger partial charge in [0.15, 0.2) is 0 Å². The van der Waals surface area contributed by atoms with Crippen molar-refractivity contribution in [1.29, 1.82) is 0 Å². The maximum Gasteiger partial charge on any atom is 0.246 e. The third-order valence-corrected chi connectivity index (χ3v) is 8.05. The van der Waals surface area contributed by atoms with Gasteiger partial charge >= 0.3 is 0 Å². The zero-order chi connectivity index (χ0) is 23.6. The number of alkyl halides is 1. The smallest absolute Gasteiger partial charge is 0.246 e. The minimum Gasteiger partial charge on any atom is -0.396 e. The van der Waals surface area contributed by atoms with Crippen LogP contribution >= 0.6 is 15.9 Å². The number of nitrogens with zero attached hydrogens (tertiary/aromatic N) is 1. The molecule has 3 aliphatic rings. The van der Waals surface area contributed by atoms with Crippen LogP contribution in [0.15, 0.2) is 30.3 Å². The highest BCUT2D eigenvalue weighted by molar-refractivity contribution is 9.09. The summed E-state index contributed by atoms with van der Waals surface area (Å²) in [5, 5.41) is 14.7. The quantitative estimate of drug-likeness (QED) is 0.318. The molecule has 6 atom stereocenters. The highest BCUT2D eigenvalue weighted by Crippen LogP contribution is 2.59.